The molecule has 78 valence electrons. The summed E-state index contributed by atoms with van der Waals surface area (Å²) in [4.78, 5) is 0.333. The van der Waals surface area contributed by atoms with E-state index >= 15 is 0 Å². The number of ether oxygens (including phenoxy) is 1. The zero-order chi connectivity index (χ0) is 10.8. The first-order chi connectivity index (χ1) is 6.49. The van der Waals surface area contributed by atoms with Gasteiger partial charge in [0.1, 0.15) is 5.75 Å². The van der Waals surface area contributed by atoms with E-state index in [9.17, 15) is 13.2 Å². The van der Waals surface area contributed by atoms with Crippen LogP contribution in [0.25, 0.3) is 0 Å². The molecule has 1 aromatic carbocycles. The highest BCUT2D eigenvalue weighted by atomic mass is 35.7. The molecule has 0 aliphatic heterocycles. The van der Waals surface area contributed by atoms with Gasteiger partial charge in [0.2, 0.25) is 0 Å². The van der Waals surface area contributed by atoms with Crippen molar-refractivity contribution in [3.05, 3.63) is 23.8 Å². The number of hydrogen-bond donors (Lipinski definition) is 0. The van der Waals surface area contributed by atoms with E-state index in [1.165, 1.54) is 19.2 Å². The maximum absolute atomic E-state index is 12.4. The second-order valence-electron chi connectivity index (χ2n) is 2.44. The van der Waals surface area contributed by atoms with Crippen molar-refractivity contribution in [1.29, 1.82) is 0 Å². The molecule has 6 heteroatoms. The van der Waals surface area contributed by atoms with Crippen LogP contribution in [0.1, 0.15) is 5.56 Å². The molecule has 0 fully saturated rings. The normalized spacial score (nSPS) is 11.5. The van der Waals surface area contributed by atoms with Crippen molar-refractivity contribution < 1.29 is 17.9 Å². The monoisotopic (exact) mass is 242 g/mol. The Morgan fingerprint density at radius 1 is 1.36 bits per heavy atom. The van der Waals surface area contributed by atoms with Crippen LogP contribution in [-0.4, -0.2) is 7.11 Å². The molecule has 0 atom stereocenters. The Balaban J connectivity index is 3.22. The van der Waals surface area contributed by atoms with Crippen molar-refractivity contribution in [2.75, 3.05) is 7.11 Å². The van der Waals surface area contributed by atoms with Gasteiger partial charge in [-0.3, -0.25) is 0 Å². The molecule has 0 aliphatic carbocycles. The van der Waals surface area contributed by atoms with Gasteiger partial charge in [-0.25, -0.2) is 0 Å². The SMILES string of the molecule is COc1ccc(SCl)cc1C(F)(F)F. The first-order valence-corrected chi connectivity index (χ1v) is 5.17. The molecule has 0 saturated heterocycles. The number of alkyl halides is 3. The van der Waals surface area contributed by atoms with Crippen LogP contribution >= 0.6 is 21.7 Å². The molecule has 0 N–H and O–H groups in total. The summed E-state index contributed by atoms with van der Waals surface area (Å²) in [5.41, 5.74) is -0.814. The molecule has 0 saturated carbocycles. The van der Waals surface area contributed by atoms with Crippen molar-refractivity contribution in [3.63, 3.8) is 0 Å². The first kappa shape index (κ1) is 11.5. The van der Waals surface area contributed by atoms with Crippen molar-refractivity contribution in [3.8, 4) is 5.75 Å². The van der Waals surface area contributed by atoms with E-state index in [-0.39, 0.29) is 5.75 Å². The van der Waals surface area contributed by atoms with Gasteiger partial charge in [-0.1, -0.05) is 0 Å². The topological polar surface area (TPSA) is 9.23 Å². The zero-order valence-electron chi connectivity index (χ0n) is 7.06. The molecule has 0 heterocycles. The highest BCUT2D eigenvalue weighted by Gasteiger charge is 2.34. The Kier molecular flexibility index (Phi) is 3.55. The van der Waals surface area contributed by atoms with Gasteiger partial charge in [-0.05, 0) is 39.9 Å². The fraction of sp³-hybridized carbons (Fsp3) is 0.250. The van der Waals surface area contributed by atoms with Crippen LogP contribution in [0, 0.1) is 0 Å². The molecule has 1 nitrogen and oxygen atoms in total. The molecule has 0 spiro atoms. The molecule has 0 aromatic heterocycles. The Labute approximate surface area is 87.7 Å². The standard InChI is InChI=1S/C8H6ClF3OS/c1-13-7-3-2-5(14-9)4-6(7)8(10,11)12/h2-4H,1H3. The van der Waals surface area contributed by atoms with Crippen LogP contribution in [0.2, 0.25) is 0 Å². The van der Waals surface area contributed by atoms with Gasteiger partial charge in [-0.2, -0.15) is 13.2 Å². The van der Waals surface area contributed by atoms with Gasteiger partial charge in [0.05, 0.1) is 12.7 Å². The first-order valence-electron chi connectivity index (χ1n) is 3.53. The molecule has 14 heavy (non-hydrogen) atoms. The Bertz CT molecular complexity index is 327. The van der Waals surface area contributed by atoms with Crippen molar-refractivity contribution >= 4 is 21.7 Å². The van der Waals surface area contributed by atoms with E-state index in [0.29, 0.717) is 4.90 Å². The summed E-state index contributed by atoms with van der Waals surface area (Å²) < 4.78 is 41.9. The number of methoxy groups -OCH3 is 1. The second-order valence-corrected chi connectivity index (χ2v) is 3.53. The third-order valence-electron chi connectivity index (χ3n) is 1.57. The predicted molar refractivity (Wildman–Crippen MR) is 49.7 cm³/mol. The lowest BCUT2D eigenvalue weighted by Crippen LogP contribution is -2.07. The number of halogens is 4. The van der Waals surface area contributed by atoms with Gasteiger partial charge in [0.25, 0.3) is 0 Å². The fourth-order valence-electron chi connectivity index (χ4n) is 0.957. The molecule has 0 unspecified atom stereocenters. The van der Waals surface area contributed by atoms with Gasteiger partial charge >= 0.3 is 6.18 Å². The molecular formula is C8H6ClF3OS. The van der Waals surface area contributed by atoms with Gasteiger partial charge < -0.3 is 4.74 Å². The summed E-state index contributed by atoms with van der Waals surface area (Å²) in [6, 6.07) is 3.66. The third kappa shape index (κ3) is 2.48. The average Bonchev–Trinajstić information content (AvgIpc) is 2.15. The lowest BCUT2D eigenvalue weighted by atomic mass is 10.2. The Morgan fingerprint density at radius 3 is 2.43 bits per heavy atom. The van der Waals surface area contributed by atoms with Gasteiger partial charge in [0.15, 0.2) is 0 Å². The van der Waals surface area contributed by atoms with E-state index < -0.39 is 11.7 Å². The average molecular weight is 243 g/mol. The van der Waals surface area contributed by atoms with Crippen LogP contribution in [0.3, 0.4) is 0 Å². The lowest BCUT2D eigenvalue weighted by molar-refractivity contribution is -0.138. The molecule has 1 aromatic rings. The quantitative estimate of drug-likeness (QED) is 0.776. The minimum Gasteiger partial charge on any atom is -0.496 e. The van der Waals surface area contributed by atoms with E-state index in [4.69, 9.17) is 10.7 Å². The highest BCUT2D eigenvalue weighted by molar-refractivity contribution is 8.21. The fourth-order valence-corrected chi connectivity index (χ4v) is 1.53. The van der Waals surface area contributed by atoms with Crippen molar-refractivity contribution in [2.45, 2.75) is 11.1 Å². The smallest absolute Gasteiger partial charge is 0.420 e. The Hall–Kier alpha value is -0.550. The van der Waals surface area contributed by atoms with Gasteiger partial charge in [0, 0.05) is 4.90 Å². The summed E-state index contributed by atoms with van der Waals surface area (Å²) >= 11 is 0. The maximum atomic E-state index is 12.4. The van der Waals surface area contributed by atoms with Crippen LogP contribution in [-0.2, 0) is 6.18 Å². The molecule has 1 rings (SSSR count). The van der Waals surface area contributed by atoms with Crippen molar-refractivity contribution in [2.24, 2.45) is 0 Å². The summed E-state index contributed by atoms with van der Waals surface area (Å²) in [7, 11) is 7.28. The Morgan fingerprint density at radius 2 is 2.00 bits per heavy atom. The zero-order valence-corrected chi connectivity index (χ0v) is 8.63. The van der Waals surface area contributed by atoms with Crippen LogP contribution < -0.4 is 4.74 Å². The molecule has 0 bridgehead atoms. The maximum Gasteiger partial charge on any atom is 0.420 e. The molecule has 0 amide bonds. The predicted octanol–water partition coefficient (Wildman–Crippen LogP) is 3.96. The molecule has 0 aliphatic rings. The minimum atomic E-state index is -4.42. The van der Waals surface area contributed by atoms with Crippen LogP contribution in [0.4, 0.5) is 13.2 Å². The number of benzene rings is 1. The summed E-state index contributed by atoms with van der Waals surface area (Å²) in [6.45, 7) is 0. The van der Waals surface area contributed by atoms with Crippen molar-refractivity contribution in [1.82, 2.24) is 0 Å². The largest absolute Gasteiger partial charge is 0.496 e. The third-order valence-corrected chi connectivity index (χ3v) is 2.53. The number of rotatable bonds is 2. The summed E-state index contributed by atoms with van der Waals surface area (Å²) in [5, 5.41) is 0. The van der Waals surface area contributed by atoms with Crippen LogP contribution in [0.5, 0.6) is 5.75 Å². The van der Waals surface area contributed by atoms with E-state index in [1.54, 1.807) is 0 Å². The summed E-state index contributed by atoms with van der Waals surface area (Å²) in [6.07, 6.45) is -4.42. The van der Waals surface area contributed by atoms with Gasteiger partial charge in [-0.15, -0.1) is 0 Å². The van der Waals surface area contributed by atoms with E-state index in [2.05, 4.69) is 4.74 Å². The van der Waals surface area contributed by atoms with Crippen LogP contribution in [0.15, 0.2) is 23.1 Å². The minimum absolute atomic E-state index is 0.202. The number of hydrogen-bond acceptors (Lipinski definition) is 2. The second kappa shape index (κ2) is 4.31. The van der Waals surface area contributed by atoms with E-state index in [0.717, 1.165) is 17.0 Å². The van der Waals surface area contributed by atoms with E-state index in [1.807, 2.05) is 0 Å². The highest BCUT2D eigenvalue weighted by Crippen LogP contribution is 2.38. The summed E-state index contributed by atoms with van der Waals surface area (Å²) in [5.74, 6) is -0.202. The lowest BCUT2D eigenvalue weighted by Gasteiger charge is -2.12. The molecule has 0 radical (unpaired) electrons. The molecular weight excluding hydrogens is 237 g/mol.